The Labute approximate surface area is 177 Å². The van der Waals surface area contributed by atoms with Crippen LogP contribution in [0.25, 0.3) is 6.08 Å². The molecule has 144 valence electrons. The SMILES string of the molecule is CCOC(=O)C1=C(O)/C(=C/c2ccc(Cl)c(Cl)c2)SC1=Nc1ccc(C)cc1. The number of benzene rings is 2. The summed E-state index contributed by atoms with van der Waals surface area (Å²) in [5.41, 5.74) is 2.58. The lowest BCUT2D eigenvalue weighted by Crippen LogP contribution is -2.12. The quantitative estimate of drug-likeness (QED) is 0.559. The van der Waals surface area contributed by atoms with Crippen molar-refractivity contribution in [2.75, 3.05) is 6.61 Å². The highest BCUT2D eigenvalue weighted by atomic mass is 35.5. The van der Waals surface area contributed by atoms with Gasteiger partial charge < -0.3 is 9.84 Å². The first-order chi connectivity index (χ1) is 13.4. The molecule has 1 N–H and O–H groups in total. The van der Waals surface area contributed by atoms with Crippen LogP contribution in [0, 0.1) is 6.92 Å². The smallest absolute Gasteiger partial charge is 0.344 e. The Hall–Kier alpha value is -2.21. The zero-order valence-corrected chi connectivity index (χ0v) is 17.5. The van der Waals surface area contributed by atoms with Gasteiger partial charge in [-0.2, -0.15) is 0 Å². The minimum atomic E-state index is -0.615. The molecule has 4 nitrogen and oxygen atoms in total. The molecule has 3 rings (SSSR count). The second kappa shape index (κ2) is 8.86. The average Bonchev–Trinajstić information content (AvgIpc) is 2.95. The molecule has 0 aliphatic carbocycles. The van der Waals surface area contributed by atoms with Gasteiger partial charge in [-0.3, -0.25) is 0 Å². The Balaban J connectivity index is 2.04. The summed E-state index contributed by atoms with van der Waals surface area (Å²) in [5, 5.41) is 11.9. The van der Waals surface area contributed by atoms with E-state index >= 15 is 0 Å². The number of hydrogen-bond acceptors (Lipinski definition) is 5. The summed E-state index contributed by atoms with van der Waals surface area (Å²) in [6, 6.07) is 12.7. The average molecular weight is 434 g/mol. The van der Waals surface area contributed by atoms with E-state index in [0.29, 0.717) is 25.7 Å². The van der Waals surface area contributed by atoms with Crippen LogP contribution in [0.3, 0.4) is 0 Å². The first-order valence-corrected chi connectivity index (χ1v) is 10.1. The van der Waals surface area contributed by atoms with Gasteiger partial charge in [-0.25, -0.2) is 9.79 Å². The molecular formula is C21H17Cl2NO3S. The van der Waals surface area contributed by atoms with Crippen molar-refractivity contribution >= 4 is 57.7 Å². The third-order valence-corrected chi connectivity index (χ3v) is 5.64. The predicted molar refractivity (Wildman–Crippen MR) is 117 cm³/mol. The van der Waals surface area contributed by atoms with E-state index in [2.05, 4.69) is 4.99 Å². The zero-order chi connectivity index (χ0) is 20.3. The number of halogens is 2. The largest absolute Gasteiger partial charge is 0.506 e. The minimum Gasteiger partial charge on any atom is -0.506 e. The number of nitrogens with zero attached hydrogens (tertiary/aromatic N) is 1. The number of aryl methyl sites for hydroxylation is 1. The number of esters is 1. The maximum absolute atomic E-state index is 12.4. The minimum absolute atomic E-state index is 0.0544. The highest BCUT2D eigenvalue weighted by molar-refractivity contribution is 8.18. The Morgan fingerprint density at radius 3 is 2.54 bits per heavy atom. The summed E-state index contributed by atoms with van der Waals surface area (Å²) < 4.78 is 5.10. The van der Waals surface area contributed by atoms with Gasteiger partial charge in [0.25, 0.3) is 0 Å². The molecule has 0 fully saturated rings. The lowest BCUT2D eigenvalue weighted by atomic mass is 10.1. The van der Waals surface area contributed by atoms with Gasteiger partial charge in [0.15, 0.2) is 0 Å². The number of rotatable bonds is 4. The summed E-state index contributed by atoms with van der Waals surface area (Å²) in [6.45, 7) is 3.89. The third kappa shape index (κ3) is 4.61. The van der Waals surface area contributed by atoms with Crippen molar-refractivity contribution in [3.63, 3.8) is 0 Å². The van der Waals surface area contributed by atoms with E-state index < -0.39 is 5.97 Å². The summed E-state index contributed by atoms with van der Waals surface area (Å²) in [5.74, 6) is -0.781. The number of aliphatic hydroxyl groups excluding tert-OH is 1. The summed E-state index contributed by atoms with van der Waals surface area (Å²) >= 11 is 13.2. The van der Waals surface area contributed by atoms with Gasteiger partial charge in [-0.15, -0.1) is 0 Å². The van der Waals surface area contributed by atoms with Crippen LogP contribution in [-0.2, 0) is 9.53 Å². The van der Waals surface area contributed by atoms with Crippen LogP contribution in [-0.4, -0.2) is 22.7 Å². The van der Waals surface area contributed by atoms with Crippen LogP contribution in [0.15, 0.2) is 63.7 Å². The molecule has 1 aliphatic heterocycles. The Kier molecular flexibility index (Phi) is 6.50. The van der Waals surface area contributed by atoms with E-state index in [0.717, 1.165) is 11.1 Å². The fourth-order valence-corrected chi connectivity index (χ4v) is 3.82. The van der Waals surface area contributed by atoms with Crippen molar-refractivity contribution < 1.29 is 14.6 Å². The van der Waals surface area contributed by atoms with E-state index in [1.807, 2.05) is 31.2 Å². The number of aliphatic hydroxyl groups is 1. The molecule has 0 atom stereocenters. The topological polar surface area (TPSA) is 58.9 Å². The van der Waals surface area contributed by atoms with Crippen LogP contribution in [0.4, 0.5) is 5.69 Å². The van der Waals surface area contributed by atoms with E-state index in [4.69, 9.17) is 27.9 Å². The van der Waals surface area contributed by atoms with Gasteiger partial charge in [0.05, 0.1) is 27.2 Å². The van der Waals surface area contributed by atoms with E-state index in [9.17, 15) is 9.90 Å². The van der Waals surface area contributed by atoms with Crippen molar-refractivity contribution in [2.45, 2.75) is 13.8 Å². The second-order valence-corrected chi connectivity index (χ2v) is 7.83. The molecule has 0 spiro atoms. The fourth-order valence-electron chi connectivity index (χ4n) is 2.48. The predicted octanol–water partition coefficient (Wildman–Crippen LogP) is 6.49. The van der Waals surface area contributed by atoms with Crippen molar-refractivity contribution in [3.8, 4) is 0 Å². The fraction of sp³-hybridized carbons (Fsp3) is 0.143. The number of carbonyl (C=O) groups is 1. The lowest BCUT2D eigenvalue weighted by Gasteiger charge is -2.04. The highest BCUT2D eigenvalue weighted by Gasteiger charge is 2.33. The Morgan fingerprint density at radius 2 is 1.89 bits per heavy atom. The molecule has 28 heavy (non-hydrogen) atoms. The molecular weight excluding hydrogens is 417 g/mol. The molecule has 0 bridgehead atoms. The van der Waals surface area contributed by atoms with Crippen LogP contribution in [0.2, 0.25) is 10.0 Å². The zero-order valence-electron chi connectivity index (χ0n) is 15.2. The molecule has 0 saturated carbocycles. The van der Waals surface area contributed by atoms with Crippen LogP contribution in [0.5, 0.6) is 0 Å². The van der Waals surface area contributed by atoms with Gasteiger partial charge >= 0.3 is 5.97 Å². The molecule has 7 heteroatoms. The maximum atomic E-state index is 12.4. The van der Waals surface area contributed by atoms with E-state index in [1.165, 1.54) is 11.8 Å². The summed E-state index contributed by atoms with van der Waals surface area (Å²) in [4.78, 5) is 17.4. The molecule has 0 amide bonds. The number of aliphatic imine (C=N–C) groups is 1. The van der Waals surface area contributed by atoms with Gasteiger partial charge in [-0.1, -0.05) is 58.7 Å². The van der Waals surface area contributed by atoms with Crippen LogP contribution >= 0.6 is 35.0 Å². The van der Waals surface area contributed by atoms with Crippen molar-refractivity contribution in [3.05, 3.63) is 79.9 Å². The molecule has 0 saturated heterocycles. The lowest BCUT2D eigenvalue weighted by molar-refractivity contribution is -0.138. The maximum Gasteiger partial charge on any atom is 0.344 e. The second-order valence-electron chi connectivity index (χ2n) is 5.98. The van der Waals surface area contributed by atoms with Crippen molar-refractivity contribution in [1.29, 1.82) is 0 Å². The van der Waals surface area contributed by atoms with Gasteiger partial charge in [0, 0.05) is 0 Å². The molecule has 0 radical (unpaired) electrons. The first-order valence-electron chi connectivity index (χ1n) is 8.50. The molecule has 0 aromatic heterocycles. The third-order valence-electron chi connectivity index (χ3n) is 3.88. The van der Waals surface area contributed by atoms with Gasteiger partial charge in [0.2, 0.25) is 0 Å². The van der Waals surface area contributed by atoms with Crippen LogP contribution in [0.1, 0.15) is 18.1 Å². The van der Waals surface area contributed by atoms with Crippen molar-refractivity contribution in [1.82, 2.24) is 0 Å². The number of ether oxygens (including phenoxy) is 1. The first kappa shape index (κ1) is 20.5. The summed E-state index contributed by atoms with van der Waals surface area (Å²) in [7, 11) is 0. The molecule has 1 heterocycles. The molecule has 0 unspecified atom stereocenters. The molecule has 2 aromatic carbocycles. The number of thioether (sulfide) groups is 1. The van der Waals surface area contributed by atoms with Gasteiger partial charge in [-0.05, 0) is 49.8 Å². The van der Waals surface area contributed by atoms with Crippen LogP contribution < -0.4 is 0 Å². The summed E-state index contributed by atoms with van der Waals surface area (Å²) in [6.07, 6.45) is 1.72. The standard InChI is InChI=1S/C21H17Cl2NO3S/c1-3-27-21(26)18-19(25)17(11-13-6-9-15(22)16(23)10-13)28-20(18)24-14-7-4-12(2)5-8-14/h4-11,25H,3H2,1-2H3/b17-11-,24-20?. The number of carbonyl (C=O) groups excluding carboxylic acids is 1. The molecule has 2 aromatic rings. The Bertz CT molecular complexity index is 1010. The van der Waals surface area contributed by atoms with E-state index in [-0.39, 0.29) is 17.9 Å². The Morgan fingerprint density at radius 1 is 1.18 bits per heavy atom. The van der Waals surface area contributed by atoms with Gasteiger partial charge in [0.1, 0.15) is 16.4 Å². The van der Waals surface area contributed by atoms with E-state index in [1.54, 1.807) is 31.2 Å². The molecule has 1 aliphatic rings. The monoisotopic (exact) mass is 433 g/mol. The normalized spacial score (nSPS) is 16.9. The highest BCUT2D eigenvalue weighted by Crippen LogP contribution is 2.40. The number of hydrogen-bond donors (Lipinski definition) is 1. The van der Waals surface area contributed by atoms with Crippen molar-refractivity contribution in [2.24, 2.45) is 4.99 Å².